The van der Waals surface area contributed by atoms with E-state index in [2.05, 4.69) is 46.4 Å². The zero-order valence-electron chi connectivity index (χ0n) is 17.5. The van der Waals surface area contributed by atoms with Crippen molar-refractivity contribution in [1.82, 2.24) is 20.1 Å². The topological polar surface area (TPSA) is 72.3 Å². The van der Waals surface area contributed by atoms with Gasteiger partial charge in [0.2, 0.25) is 0 Å². The highest BCUT2D eigenvalue weighted by Crippen LogP contribution is 2.33. The first-order valence-corrected chi connectivity index (χ1v) is 11.6. The number of rotatable bonds is 4. The van der Waals surface area contributed by atoms with E-state index >= 15 is 0 Å². The quantitative estimate of drug-likeness (QED) is 0.669. The molecule has 0 unspecified atom stereocenters. The molecule has 2 aromatic carbocycles. The minimum Gasteiger partial charge on any atom is -0.331 e. The molecule has 5 rings (SSSR count). The second-order valence-corrected chi connectivity index (χ2v) is 9.55. The summed E-state index contributed by atoms with van der Waals surface area (Å²) in [4.78, 5) is 21.5. The third-order valence-electron chi connectivity index (χ3n) is 6.75. The number of nitrogens with zero attached hydrogens (tertiary/aromatic N) is 4. The predicted molar refractivity (Wildman–Crippen MR) is 122 cm³/mol. The van der Waals surface area contributed by atoms with E-state index < -0.39 is 0 Å². The third kappa shape index (κ3) is 3.89. The number of nitrogens with one attached hydrogen (secondary N) is 1. The van der Waals surface area contributed by atoms with Gasteiger partial charge in [0.25, 0.3) is 0 Å². The van der Waals surface area contributed by atoms with Crippen LogP contribution in [-0.2, 0) is 6.54 Å². The number of hydrogen-bond acceptors (Lipinski definition) is 5. The molecule has 2 fully saturated rings. The van der Waals surface area contributed by atoms with Crippen LogP contribution in [0, 0.1) is 11.3 Å². The second-order valence-electron chi connectivity index (χ2n) is 8.67. The Morgan fingerprint density at radius 2 is 2.00 bits per heavy atom. The van der Waals surface area contributed by atoms with Crippen molar-refractivity contribution in [3.63, 3.8) is 0 Å². The zero-order valence-corrected chi connectivity index (χ0v) is 18.4. The molecule has 0 saturated carbocycles. The van der Waals surface area contributed by atoms with Gasteiger partial charge in [-0.25, -0.2) is 9.78 Å². The Morgan fingerprint density at radius 1 is 1.23 bits per heavy atom. The molecule has 1 spiro atoms. The lowest BCUT2D eigenvalue weighted by atomic mass is 9.87. The van der Waals surface area contributed by atoms with Crippen LogP contribution in [0.25, 0.3) is 10.2 Å². The van der Waals surface area contributed by atoms with Crippen molar-refractivity contribution in [1.29, 1.82) is 5.26 Å². The van der Waals surface area contributed by atoms with Gasteiger partial charge in [-0.05, 0) is 55.2 Å². The molecule has 2 aliphatic rings. The lowest BCUT2D eigenvalue weighted by molar-refractivity contribution is 0.115. The van der Waals surface area contributed by atoms with Crippen LogP contribution < -0.4 is 5.32 Å². The maximum Gasteiger partial charge on any atom is 0.318 e. The highest BCUT2D eigenvalue weighted by molar-refractivity contribution is 7.16. The Bertz CT molecular complexity index is 1140. The van der Waals surface area contributed by atoms with Gasteiger partial charge in [0.15, 0.2) is 0 Å². The molecule has 6 nitrogen and oxygen atoms in total. The van der Waals surface area contributed by atoms with Gasteiger partial charge in [0.1, 0.15) is 0 Å². The van der Waals surface area contributed by atoms with Gasteiger partial charge >= 0.3 is 6.03 Å². The summed E-state index contributed by atoms with van der Waals surface area (Å²) >= 11 is 1.67. The molecule has 2 aliphatic heterocycles. The van der Waals surface area contributed by atoms with Crippen molar-refractivity contribution in [3.8, 4) is 6.07 Å². The van der Waals surface area contributed by atoms with Crippen molar-refractivity contribution < 1.29 is 4.79 Å². The molecule has 0 radical (unpaired) electrons. The second kappa shape index (κ2) is 7.95. The average Bonchev–Trinajstić information content (AvgIpc) is 3.38. The van der Waals surface area contributed by atoms with Crippen molar-refractivity contribution in [2.75, 3.05) is 19.6 Å². The summed E-state index contributed by atoms with van der Waals surface area (Å²) in [6, 6.07) is 16.5. The summed E-state index contributed by atoms with van der Waals surface area (Å²) in [6.07, 6.45) is 1.90. The Morgan fingerprint density at radius 3 is 2.74 bits per heavy atom. The lowest BCUT2D eigenvalue weighted by Crippen LogP contribution is -2.52. The fourth-order valence-electron chi connectivity index (χ4n) is 4.78. The number of nitriles is 1. The van der Waals surface area contributed by atoms with Crippen LogP contribution in [0.3, 0.4) is 0 Å². The number of fused-ring (bicyclic) bond motifs is 1. The molecule has 3 aromatic rings. The average molecular weight is 432 g/mol. The number of amides is 2. The van der Waals surface area contributed by atoms with E-state index in [9.17, 15) is 4.79 Å². The number of piperidine rings is 1. The van der Waals surface area contributed by atoms with E-state index in [1.54, 1.807) is 11.3 Å². The van der Waals surface area contributed by atoms with Crippen LogP contribution >= 0.6 is 11.3 Å². The summed E-state index contributed by atoms with van der Waals surface area (Å²) in [6.45, 7) is 5.49. The molecule has 1 aromatic heterocycles. The van der Waals surface area contributed by atoms with Crippen LogP contribution in [0.2, 0.25) is 0 Å². The monoisotopic (exact) mass is 431 g/mol. The normalized spacial score (nSPS) is 19.5. The molecular weight excluding hydrogens is 406 g/mol. The number of hydrogen-bond donors (Lipinski definition) is 1. The van der Waals surface area contributed by atoms with E-state index in [1.165, 1.54) is 10.3 Å². The van der Waals surface area contributed by atoms with E-state index in [0.717, 1.165) is 43.6 Å². The summed E-state index contributed by atoms with van der Waals surface area (Å²) in [7, 11) is 0. The van der Waals surface area contributed by atoms with Gasteiger partial charge in [0.05, 0.1) is 32.9 Å². The number of carbonyl (C=O) groups excluding carboxylic acids is 1. The number of benzene rings is 2. The van der Waals surface area contributed by atoms with E-state index in [4.69, 9.17) is 5.26 Å². The first-order valence-electron chi connectivity index (χ1n) is 10.7. The van der Waals surface area contributed by atoms with Crippen molar-refractivity contribution in [2.24, 2.45) is 0 Å². The molecule has 0 aliphatic carbocycles. The van der Waals surface area contributed by atoms with E-state index in [1.807, 2.05) is 34.7 Å². The fourth-order valence-corrected chi connectivity index (χ4v) is 5.44. The first kappa shape index (κ1) is 20.0. The van der Waals surface area contributed by atoms with Gasteiger partial charge in [-0.15, -0.1) is 11.3 Å². The fraction of sp³-hybridized carbons (Fsp3) is 0.375. The summed E-state index contributed by atoms with van der Waals surface area (Å²) < 4.78 is 1.23. The first-order chi connectivity index (χ1) is 15.0. The van der Waals surface area contributed by atoms with Gasteiger partial charge < -0.3 is 10.2 Å². The number of urea groups is 1. The highest BCUT2D eigenvalue weighted by Gasteiger charge is 2.44. The molecule has 158 valence electrons. The van der Waals surface area contributed by atoms with Crippen LogP contribution in [0.1, 0.15) is 42.5 Å². The van der Waals surface area contributed by atoms with Gasteiger partial charge in [-0.2, -0.15) is 5.26 Å². The highest BCUT2D eigenvalue weighted by atomic mass is 32.1. The van der Waals surface area contributed by atoms with Crippen LogP contribution in [-0.4, -0.2) is 46.0 Å². The molecule has 1 atom stereocenters. The van der Waals surface area contributed by atoms with E-state index in [-0.39, 0.29) is 11.6 Å². The van der Waals surface area contributed by atoms with E-state index in [0.29, 0.717) is 18.2 Å². The lowest BCUT2D eigenvalue weighted by Gasteiger charge is -2.41. The number of carbonyl (C=O) groups is 1. The Balaban J connectivity index is 1.22. The summed E-state index contributed by atoms with van der Waals surface area (Å²) in [5.41, 5.74) is 5.82. The molecule has 31 heavy (non-hydrogen) atoms. The van der Waals surface area contributed by atoms with Crippen molar-refractivity contribution in [2.45, 2.75) is 37.9 Å². The van der Waals surface area contributed by atoms with Crippen LogP contribution in [0.5, 0.6) is 0 Å². The summed E-state index contributed by atoms with van der Waals surface area (Å²) in [5, 5.41) is 12.2. The SMILES string of the molecule is C[C@@H](c1ccc2scnc2c1)N1CCC2(CC1)CN(Cc1ccc(C#N)cc1)C(=O)N2. The zero-order chi connectivity index (χ0) is 21.4. The Labute approximate surface area is 186 Å². The van der Waals surface area contributed by atoms with Crippen molar-refractivity contribution >= 4 is 27.6 Å². The Hall–Kier alpha value is -2.95. The number of aromatic nitrogens is 1. The molecule has 3 heterocycles. The standard InChI is InChI=1S/C24H25N5OS/c1-17(20-6-7-22-21(12-20)26-16-31-22)28-10-8-24(9-11-28)15-29(23(30)27-24)14-19-4-2-18(13-25)3-5-19/h2-7,12,16-17H,8-11,14-15H2,1H3,(H,27,30)/t17-/m0/s1. The molecule has 7 heteroatoms. The number of likely N-dealkylation sites (tertiary alicyclic amines) is 1. The molecular formula is C24H25N5OS. The van der Waals surface area contributed by atoms with Gasteiger partial charge in [0, 0.05) is 32.2 Å². The molecule has 1 N–H and O–H groups in total. The minimum atomic E-state index is -0.140. The largest absolute Gasteiger partial charge is 0.331 e. The number of thiazole rings is 1. The Kier molecular flexibility index (Phi) is 5.12. The smallest absolute Gasteiger partial charge is 0.318 e. The van der Waals surface area contributed by atoms with Crippen molar-refractivity contribution in [3.05, 3.63) is 64.7 Å². The molecule has 2 saturated heterocycles. The summed E-state index contributed by atoms with van der Waals surface area (Å²) in [5.74, 6) is 0. The van der Waals surface area contributed by atoms with Gasteiger partial charge in [-0.3, -0.25) is 4.90 Å². The predicted octanol–water partition coefficient (Wildman–Crippen LogP) is 4.29. The maximum atomic E-state index is 12.7. The van der Waals surface area contributed by atoms with Crippen LogP contribution in [0.15, 0.2) is 48.0 Å². The van der Waals surface area contributed by atoms with Crippen LogP contribution in [0.4, 0.5) is 4.79 Å². The molecule has 0 bridgehead atoms. The van der Waals surface area contributed by atoms with Gasteiger partial charge in [-0.1, -0.05) is 18.2 Å². The maximum absolute atomic E-state index is 12.7. The molecule has 2 amide bonds. The minimum absolute atomic E-state index is 0.0137. The third-order valence-corrected chi connectivity index (χ3v) is 7.56.